The molecule has 21 heavy (non-hydrogen) atoms. The van der Waals surface area contributed by atoms with Crippen molar-refractivity contribution in [3.05, 3.63) is 57.0 Å². The van der Waals surface area contributed by atoms with Gasteiger partial charge in [0.15, 0.2) is 9.84 Å². The Morgan fingerprint density at radius 2 is 1.90 bits per heavy atom. The lowest BCUT2D eigenvalue weighted by atomic mass is 10.2. The molecule has 2 aromatic carbocycles. The van der Waals surface area contributed by atoms with E-state index in [1.165, 1.54) is 6.26 Å². The number of sulfone groups is 1. The average molecular weight is 389 g/mol. The highest BCUT2D eigenvalue weighted by atomic mass is 79.9. The summed E-state index contributed by atoms with van der Waals surface area (Å²) in [6, 6.07) is 10.8. The second kappa shape index (κ2) is 6.38. The van der Waals surface area contributed by atoms with E-state index >= 15 is 0 Å². The number of hydrogen-bond donors (Lipinski definition) is 1. The van der Waals surface area contributed by atoms with Crippen molar-refractivity contribution >= 4 is 43.1 Å². The summed E-state index contributed by atoms with van der Waals surface area (Å²) in [7, 11) is -3.20. The summed E-state index contributed by atoms with van der Waals surface area (Å²) in [6.45, 7) is 2.50. The molecule has 0 saturated heterocycles. The highest BCUT2D eigenvalue weighted by molar-refractivity contribution is 9.10. The van der Waals surface area contributed by atoms with Crippen molar-refractivity contribution in [2.24, 2.45) is 0 Å². The third-order valence-corrected chi connectivity index (χ3v) is 5.45. The van der Waals surface area contributed by atoms with Gasteiger partial charge in [0.05, 0.1) is 9.92 Å². The summed E-state index contributed by atoms with van der Waals surface area (Å²) < 4.78 is 24.1. The minimum atomic E-state index is -3.20. The molecule has 0 amide bonds. The van der Waals surface area contributed by atoms with Crippen LogP contribution in [0.15, 0.2) is 45.8 Å². The van der Waals surface area contributed by atoms with E-state index in [0.717, 1.165) is 21.3 Å². The van der Waals surface area contributed by atoms with Crippen molar-refractivity contribution in [3.8, 4) is 0 Å². The zero-order valence-electron chi connectivity index (χ0n) is 11.7. The Hall–Kier alpha value is -1.04. The van der Waals surface area contributed by atoms with Crippen molar-refractivity contribution in [1.29, 1.82) is 0 Å². The molecule has 0 heterocycles. The van der Waals surface area contributed by atoms with E-state index < -0.39 is 9.84 Å². The van der Waals surface area contributed by atoms with Gasteiger partial charge in [-0.3, -0.25) is 0 Å². The Bertz CT molecular complexity index is 775. The fraction of sp³-hybridized carbons (Fsp3) is 0.200. The molecular weight excluding hydrogens is 374 g/mol. The fourth-order valence-corrected chi connectivity index (χ4v) is 2.97. The van der Waals surface area contributed by atoms with Gasteiger partial charge in [0, 0.05) is 23.0 Å². The number of hydrogen-bond acceptors (Lipinski definition) is 3. The monoisotopic (exact) mass is 387 g/mol. The zero-order chi connectivity index (χ0) is 15.6. The average Bonchev–Trinajstić information content (AvgIpc) is 2.40. The van der Waals surface area contributed by atoms with E-state index in [1.54, 1.807) is 18.2 Å². The Kier molecular flexibility index (Phi) is 4.96. The summed E-state index contributed by atoms with van der Waals surface area (Å²) in [5, 5.41) is 3.90. The molecule has 0 saturated carbocycles. The van der Waals surface area contributed by atoms with Gasteiger partial charge >= 0.3 is 0 Å². The molecule has 0 aliphatic rings. The molecule has 112 valence electrons. The maximum atomic E-state index is 11.6. The molecule has 0 radical (unpaired) electrons. The van der Waals surface area contributed by atoms with Gasteiger partial charge in [0.1, 0.15) is 0 Å². The van der Waals surface area contributed by atoms with Gasteiger partial charge in [-0.05, 0) is 58.2 Å². The molecule has 0 aliphatic carbocycles. The first-order chi connectivity index (χ1) is 9.77. The van der Waals surface area contributed by atoms with E-state index in [2.05, 4.69) is 21.2 Å². The van der Waals surface area contributed by atoms with Gasteiger partial charge in [-0.25, -0.2) is 8.42 Å². The molecule has 0 aliphatic heterocycles. The van der Waals surface area contributed by atoms with Crippen LogP contribution in [0.3, 0.4) is 0 Å². The van der Waals surface area contributed by atoms with Crippen LogP contribution in [0.5, 0.6) is 0 Å². The van der Waals surface area contributed by atoms with Crippen LogP contribution in [0.1, 0.15) is 11.1 Å². The van der Waals surface area contributed by atoms with Crippen molar-refractivity contribution in [2.45, 2.75) is 18.4 Å². The molecule has 6 heteroatoms. The van der Waals surface area contributed by atoms with Crippen LogP contribution in [0.2, 0.25) is 5.02 Å². The number of anilines is 1. The molecule has 2 rings (SSSR count). The lowest BCUT2D eigenvalue weighted by Gasteiger charge is -2.11. The van der Waals surface area contributed by atoms with E-state index in [0.29, 0.717) is 16.5 Å². The van der Waals surface area contributed by atoms with Gasteiger partial charge in [0.25, 0.3) is 0 Å². The highest BCUT2D eigenvalue weighted by Gasteiger charge is 2.09. The Morgan fingerprint density at radius 3 is 2.52 bits per heavy atom. The zero-order valence-corrected chi connectivity index (χ0v) is 14.8. The Morgan fingerprint density at radius 1 is 1.19 bits per heavy atom. The smallest absolute Gasteiger partial charge is 0.175 e. The maximum absolute atomic E-state index is 11.6. The van der Waals surface area contributed by atoms with Crippen molar-refractivity contribution in [1.82, 2.24) is 0 Å². The van der Waals surface area contributed by atoms with Crippen molar-refractivity contribution < 1.29 is 8.42 Å². The highest BCUT2D eigenvalue weighted by Crippen LogP contribution is 2.25. The van der Waals surface area contributed by atoms with E-state index in [1.807, 2.05) is 25.1 Å². The molecule has 0 fully saturated rings. The summed E-state index contributed by atoms with van der Waals surface area (Å²) in [5.41, 5.74) is 2.81. The van der Waals surface area contributed by atoms with E-state index in [4.69, 9.17) is 11.6 Å². The van der Waals surface area contributed by atoms with Crippen LogP contribution in [-0.4, -0.2) is 14.7 Å². The lowest BCUT2D eigenvalue weighted by molar-refractivity contribution is 0.602. The topological polar surface area (TPSA) is 46.2 Å². The van der Waals surface area contributed by atoms with Crippen LogP contribution in [0.25, 0.3) is 0 Å². The largest absolute Gasteiger partial charge is 0.381 e. The molecule has 2 aromatic rings. The summed E-state index contributed by atoms with van der Waals surface area (Å²) in [6.07, 6.45) is 1.20. The Labute approximate surface area is 138 Å². The lowest BCUT2D eigenvalue weighted by Crippen LogP contribution is -2.04. The molecule has 0 atom stereocenters. The standard InChI is InChI=1S/C15H15BrClNO2S/c1-10-3-5-12(21(2,19)20)8-15(10)18-9-11-4-6-13(16)14(17)7-11/h3-8,18H,9H2,1-2H3. The normalized spacial score (nSPS) is 11.4. The second-order valence-corrected chi connectivity index (χ2v) is 8.13. The third kappa shape index (κ3) is 4.22. The summed E-state index contributed by atoms with van der Waals surface area (Å²) in [4.78, 5) is 0.310. The molecule has 0 bridgehead atoms. The molecular formula is C15H15BrClNO2S. The first-order valence-electron chi connectivity index (χ1n) is 6.26. The molecule has 3 nitrogen and oxygen atoms in total. The number of halogens is 2. The van der Waals surface area contributed by atoms with Gasteiger partial charge in [-0.2, -0.15) is 0 Å². The molecule has 0 unspecified atom stereocenters. The fourth-order valence-electron chi connectivity index (χ4n) is 1.87. The van der Waals surface area contributed by atoms with Gasteiger partial charge in [-0.1, -0.05) is 23.7 Å². The number of rotatable bonds is 4. The summed E-state index contributed by atoms with van der Waals surface area (Å²) >= 11 is 9.41. The molecule has 1 N–H and O–H groups in total. The molecule has 0 spiro atoms. The number of benzene rings is 2. The predicted molar refractivity (Wildman–Crippen MR) is 90.8 cm³/mol. The third-order valence-electron chi connectivity index (χ3n) is 3.10. The minimum Gasteiger partial charge on any atom is -0.381 e. The van der Waals surface area contributed by atoms with Gasteiger partial charge in [-0.15, -0.1) is 0 Å². The van der Waals surface area contributed by atoms with Crippen LogP contribution in [0.4, 0.5) is 5.69 Å². The maximum Gasteiger partial charge on any atom is 0.175 e. The van der Waals surface area contributed by atoms with Crippen LogP contribution in [-0.2, 0) is 16.4 Å². The number of nitrogens with one attached hydrogen (secondary N) is 1. The quantitative estimate of drug-likeness (QED) is 0.843. The molecule has 0 aromatic heterocycles. The van der Waals surface area contributed by atoms with Crippen molar-refractivity contribution in [2.75, 3.05) is 11.6 Å². The van der Waals surface area contributed by atoms with E-state index in [-0.39, 0.29) is 0 Å². The summed E-state index contributed by atoms with van der Waals surface area (Å²) in [5.74, 6) is 0. The SMILES string of the molecule is Cc1ccc(S(C)(=O)=O)cc1NCc1ccc(Br)c(Cl)c1. The van der Waals surface area contributed by atoms with Crippen LogP contribution in [0, 0.1) is 6.92 Å². The predicted octanol–water partition coefficient (Wildman–Crippen LogP) is 4.43. The van der Waals surface area contributed by atoms with Gasteiger partial charge in [0.2, 0.25) is 0 Å². The van der Waals surface area contributed by atoms with Gasteiger partial charge < -0.3 is 5.32 Å². The first kappa shape index (κ1) is 16.3. The minimum absolute atomic E-state index is 0.310. The van der Waals surface area contributed by atoms with Crippen LogP contribution >= 0.6 is 27.5 Å². The number of aryl methyl sites for hydroxylation is 1. The second-order valence-electron chi connectivity index (χ2n) is 4.85. The van der Waals surface area contributed by atoms with E-state index in [9.17, 15) is 8.42 Å². The van der Waals surface area contributed by atoms with Crippen molar-refractivity contribution in [3.63, 3.8) is 0 Å². The first-order valence-corrected chi connectivity index (χ1v) is 9.32. The Balaban J connectivity index is 2.21. The van der Waals surface area contributed by atoms with Crippen LogP contribution < -0.4 is 5.32 Å².